The predicted octanol–water partition coefficient (Wildman–Crippen LogP) is 2.62. The van der Waals surface area contributed by atoms with Gasteiger partial charge in [0.15, 0.2) is 5.65 Å². The van der Waals surface area contributed by atoms with Crippen LogP contribution in [0.25, 0.3) is 16.9 Å². The topological polar surface area (TPSA) is 99.4 Å². The number of hydrogen-bond acceptors (Lipinski definition) is 6. The van der Waals surface area contributed by atoms with E-state index in [0.717, 1.165) is 47.8 Å². The molecule has 2 aliphatic rings. The standard InChI is InChI=1S/C19H24N6O2S/c1-13-12-27-9-8-24(13)17-10-16(19(5-6-19)28(2,20)26)25-18(23-17)14(11-22-25)15-4-3-7-21-15/h3-4,7,10-11,13,20-21H,5-6,8-9,12H2,1-2H3/t13-,28-/m1/s1. The summed E-state index contributed by atoms with van der Waals surface area (Å²) in [7, 11) is -2.78. The van der Waals surface area contributed by atoms with Gasteiger partial charge in [0, 0.05) is 25.1 Å². The normalized spacial score (nSPS) is 23.6. The molecule has 8 nitrogen and oxygen atoms in total. The predicted molar refractivity (Wildman–Crippen MR) is 108 cm³/mol. The molecule has 0 unspecified atom stereocenters. The molecule has 2 N–H and O–H groups in total. The Hall–Kier alpha value is -2.39. The molecule has 3 aromatic heterocycles. The second-order valence-corrected chi connectivity index (χ2v) is 10.3. The molecule has 1 saturated carbocycles. The van der Waals surface area contributed by atoms with Gasteiger partial charge in [-0.3, -0.25) is 4.78 Å². The molecular formula is C19H24N6O2S. The van der Waals surface area contributed by atoms with Gasteiger partial charge in [-0.2, -0.15) is 5.10 Å². The third-order valence-corrected chi connectivity index (χ3v) is 8.03. The zero-order valence-electron chi connectivity index (χ0n) is 16.0. The van der Waals surface area contributed by atoms with Crippen molar-refractivity contribution in [3.63, 3.8) is 0 Å². The minimum Gasteiger partial charge on any atom is -0.377 e. The number of hydrogen-bond donors (Lipinski definition) is 2. The average Bonchev–Trinajstić information content (AvgIpc) is 3.11. The quantitative estimate of drug-likeness (QED) is 0.701. The van der Waals surface area contributed by atoms with Crippen molar-refractivity contribution in [2.24, 2.45) is 0 Å². The van der Waals surface area contributed by atoms with Crippen molar-refractivity contribution in [1.82, 2.24) is 19.6 Å². The van der Waals surface area contributed by atoms with Crippen LogP contribution in [0.4, 0.5) is 5.82 Å². The molecule has 0 amide bonds. The lowest BCUT2D eigenvalue weighted by atomic mass is 10.2. The Morgan fingerprint density at radius 3 is 2.89 bits per heavy atom. The lowest BCUT2D eigenvalue weighted by Crippen LogP contribution is -2.44. The van der Waals surface area contributed by atoms with E-state index in [9.17, 15) is 4.21 Å². The fraction of sp³-hybridized carbons (Fsp3) is 0.474. The van der Waals surface area contributed by atoms with E-state index in [-0.39, 0.29) is 6.04 Å². The molecular weight excluding hydrogens is 376 g/mol. The van der Waals surface area contributed by atoms with Crippen LogP contribution in [-0.2, 0) is 19.2 Å². The first kappa shape index (κ1) is 17.7. The van der Waals surface area contributed by atoms with Gasteiger partial charge in [0.2, 0.25) is 0 Å². The molecule has 9 heteroatoms. The molecule has 1 saturated heterocycles. The number of nitrogens with one attached hydrogen (secondary N) is 2. The van der Waals surface area contributed by atoms with Crippen molar-refractivity contribution in [2.75, 3.05) is 30.9 Å². The zero-order chi connectivity index (χ0) is 19.5. The highest BCUT2D eigenvalue weighted by Crippen LogP contribution is 2.53. The van der Waals surface area contributed by atoms with Gasteiger partial charge < -0.3 is 14.6 Å². The number of rotatable bonds is 4. The number of fused-ring (bicyclic) bond motifs is 1. The van der Waals surface area contributed by atoms with Crippen LogP contribution < -0.4 is 4.90 Å². The monoisotopic (exact) mass is 400 g/mol. The summed E-state index contributed by atoms with van der Waals surface area (Å²) in [6, 6.07) is 6.12. The Bertz CT molecular complexity index is 1130. The Balaban J connectivity index is 1.76. The van der Waals surface area contributed by atoms with Crippen molar-refractivity contribution in [1.29, 1.82) is 4.78 Å². The van der Waals surface area contributed by atoms with E-state index in [1.165, 1.54) is 0 Å². The Morgan fingerprint density at radius 2 is 2.25 bits per heavy atom. The average molecular weight is 401 g/mol. The first-order chi connectivity index (χ1) is 13.4. The largest absolute Gasteiger partial charge is 0.377 e. The van der Waals surface area contributed by atoms with E-state index < -0.39 is 14.5 Å². The minimum absolute atomic E-state index is 0.200. The summed E-state index contributed by atoms with van der Waals surface area (Å²) in [5.41, 5.74) is 3.39. The van der Waals surface area contributed by atoms with Crippen molar-refractivity contribution in [3.8, 4) is 11.3 Å². The van der Waals surface area contributed by atoms with Crippen molar-refractivity contribution in [3.05, 3.63) is 36.3 Å². The van der Waals surface area contributed by atoms with E-state index >= 15 is 0 Å². The highest BCUT2D eigenvalue weighted by molar-refractivity contribution is 7.93. The van der Waals surface area contributed by atoms with Gasteiger partial charge in [0.1, 0.15) is 5.82 Å². The smallest absolute Gasteiger partial charge is 0.167 e. The van der Waals surface area contributed by atoms with Gasteiger partial charge in [-0.25, -0.2) is 13.7 Å². The first-order valence-electron chi connectivity index (χ1n) is 9.51. The fourth-order valence-corrected chi connectivity index (χ4v) is 5.56. The summed E-state index contributed by atoms with van der Waals surface area (Å²) < 4.78 is 27.9. The number of H-pyrrole nitrogens is 1. The molecule has 0 aromatic carbocycles. The van der Waals surface area contributed by atoms with Crippen molar-refractivity contribution < 1.29 is 8.95 Å². The van der Waals surface area contributed by atoms with E-state index in [0.29, 0.717) is 13.2 Å². The summed E-state index contributed by atoms with van der Waals surface area (Å²) in [6.07, 6.45) is 6.68. The van der Waals surface area contributed by atoms with Gasteiger partial charge in [-0.1, -0.05) is 0 Å². The Morgan fingerprint density at radius 1 is 1.43 bits per heavy atom. The Kier molecular flexibility index (Phi) is 3.82. The van der Waals surface area contributed by atoms with Crippen LogP contribution >= 0.6 is 0 Å². The van der Waals surface area contributed by atoms with E-state index in [4.69, 9.17) is 14.5 Å². The van der Waals surface area contributed by atoms with Crippen LogP contribution in [-0.4, -0.2) is 55.8 Å². The molecule has 0 radical (unpaired) electrons. The third-order valence-electron chi connectivity index (χ3n) is 5.92. The van der Waals surface area contributed by atoms with Crippen LogP contribution in [0.3, 0.4) is 0 Å². The molecule has 3 aromatic rings. The number of morpholine rings is 1. The number of anilines is 1. The highest BCUT2D eigenvalue weighted by Gasteiger charge is 2.53. The first-order valence-corrected chi connectivity index (χ1v) is 11.5. The van der Waals surface area contributed by atoms with Crippen LogP contribution in [0.5, 0.6) is 0 Å². The number of nitrogens with zero attached hydrogens (tertiary/aromatic N) is 4. The van der Waals surface area contributed by atoms with Crippen LogP contribution in [0.1, 0.15) is 25.5 Å². The van der Waals surface area contributed by atoms with E-state index in [1.807, 2.05) is 24.4 Å². The fourth-order valence-electron chi connectivity index (χ4n) is 4.14. The second-order valence-electron chi connectivity index (χ2n) is 7.83. The molecule has 5 rings (SSSR count). The lowest BCUT2D eigenvalue weighted by Gasteiger charge is -2.35. The molecule has 0 spiro atoms. The van der Waals surface area contributed by atoms with Crippen LogP contribution in [0.2, 0.25) is 0 Å². The van der Waals surface area contributed by atoms with Crippen LogP contribution in [0.15, 0.2) is 30.6 Å². The maximum Gasteiger partial charge on any atom is 0.167 e. The molecule has 148 valence electrons. The van der Waals surface area contributed by atoms with E-state index in [2.05, 4.69) is 21.9 Å². The third kappa shape index (κ3) is 2.56. The number of ether oxygens (including phenoxy) is 1. The van der Waals surface area contributed by atoms with E-state index in [1.54, 1.807) is 17.0 Å². The molecule has 28 heavy (non-hydrogen) atoms. The molecule has 0 bridgehead atoms. The lowest BCUT2D eigenvalue weighted by molar-refractivity contribution is 0.0985. The second kappa shape index (κ2) is 6.05. The SMILES string of the molecule is C[C@@H]1COCCN1c1cc(C2([S@](C)(=N)=O)CC2)n2ncc(-c3ccc[nH]3)c2n1. The summed E-state index contributed by atoms with van der Waals surface area (Å²) in [4.78, 5) is 10.4. The summed E-state index contributed by atoms with van der Waals surface area (Å²) in [5, 5.41) is 4.58. The van der Waals surface area contributed by atoms with Crippen LogP contribution in [0, 0.1) is 4.78 Å². The highest BCUT2D eigenvalue weighted by atomic mass is 32.2. The van der Waals surface area contributed by atoms with Gasteiger partial charge in [0.05, 0.1) is 56.9 Å². The summed E-state index contributed by atoms with van der Waals surface area (Å²) in [6.45, 7) is 4.18. The maximum absolute atomic E-state index is 12.9. The molecule has 2 fully saturated rings. The zero-order valence-corrected chi connectivity index (χ0v) is 16.8. The van der Waals surface area contributed by atoms with Gasteiger partial charge in [-0.15, -0.1) is 0 Å². The summed E-state index contributed by atoms with van der Waals surface area (Å²) in [5.74, 6) is 0.835. The van der Waals surface area contributed by atoms with Gasteiger partial charge >= 0.3 is 0 Å². The molecule has 1 aliphatic carbocycles. The van der Waals surface area contributed by atoms with Gasteiger partial charge in [-0.05, 0) is 31.9 Å². The molecule has 4 heterocycles. The molecule has 2 atom stereocenters. The Labute approximate surface area is 163 Å². The summed E-state index contributed by atoms with van der Waals surface area (Å²) >= 11 is 0. The maximum atomic E-state index is 12.9. The number of aromatic amines is 1. The number of aromatic nitrogens is 4. The van der Waals surface area contributed by atoms with Crippen molar-refractivity contribution in [2.45, 2.75) is 30.6 Å². The minimum atomic E-state index is -2.78. The van der Waals surface area contributed by atoms with Gasteiger partial charge in [0.25, 0.3) is 0 Å². The van der Waals surface area contributed by atoms with Crippen molar-refractivity contribution >= 4 is 21.2 Å². The molecule has 1 aliphatic heterocycles.